The molecule has 0 bridgehead atoms. The summed E-state index contributed by atoms with van der Waals surface area (Å²) < 4.78 is 32.1. The molecule has 2 aromatic rings. The molecule has 1 N–H and O–H groups in total. The Labute approximate surface area is 152 Å². The van der Waals surface area contributed by atoms with Crippen molar-refractivity contribution >= 4 is 22.0 Å². The summed E-state index contributed by atoms with van der Waals surface area (Å²) in [5.74, 6) is -1.30. The Morgan fingerprint density at radius 3 is 2.31 bits per heavy atom. The smallest absolute Gasteiger partial charge is 0.338 e. The van der Waals surface area contributed by atoms with Crippen LogP contribution in [0.3, 0.4) is 0 Å². The second-order valence-corrected chi connectivity index (χ2v) is 7.09. The van der Waals surface area contributed by atoms with E-state index in [0.29, 0.717) is 13.0 Å². The average molecular weight is 377 g/mol. The minimum atomic E-state index is -3.81. The lowest BCUT2D eigenvalue weighted by Crippen LogP contribution is -2.26. The molecule has 2 aromatic carbocycles. The highest BCUT2D eigenvalue weighted by Gasteiger charge is 2.16. The molecule has 8 heteroatoms. The maximum atomic E-state index is 12.3. The molecule has 138 valence electrons. The van der Waals surface area contributed by atoms with E-state index in [-0.39, 0.29) is 16.9 Å². The average Bonchev–Trinajstić information content (AvgIpc) is 2.60. The van der Waals surface area contributed by atoms with Crippen LogP contribution >= 0.6 is 0 Å². The maximum absolute atomic E-state index is 12.3. The summed E-state index contributed by atoms with van der Waals surface area (Å²) in [6.45, 7) is 0.383. The predicted octanol–water partition coefficient (Wildman–Crippen LogP) is 1.78. The molecule has 0 aromatic heterocycles. The molecule has 0 saturated carbocycles. The van der Waals surface area contributed by atoms with Crippen LogP contribution in [0.4, 0.5) is 0 Å². The fraction of sp³-hybridized carbons (Fsp3) is 0.222. The first-order valence-corrected chi connectivity index (χ1v) is 9.55. The number of esters is 1. The number of amides is 1. The predicted molar refractivity (Wildman–Crippen MR) is 95.7 cm³/mol. The summed E-state index contributed by atoms with van der Waals surface area (Å²) in [5, 5.41) is 2.73. The van der Waals surface area contributed by atoms with E-state index in [2.05, 4.69) is 10.1 Å². The minimum Gasteiger partial charge on any atom is -0.465 e. The van der Waals surface area contributed by atoms with Crippen LogP contribution in [0.1, 0.15) is 26.3 Å². The van der Waals surface area contributed by atoms with Gasteiger partial charge in [0.05, 0.1) is 18.9 Å². The molecule has 0 spiro atoms. The Morgan fingerprint density at radius 2 is 1.69 bits per heavy atom. The van der Waals surface area contributed by atoms with Gasteiger partial charge in [-0.1, -0.05) is 30.3 Å². The van der Waals surface area contributed by atoms with Crippen molar-refractivity contribution in [3.8, 4) is 5.75 Å². The molecule has 7 nitrogen and oxygen atoms in total. The fourth-order valence-corrected chi connectivity index (χ4v) is 2.70. The van der Waals surface area contributed by atoms with Gasteiger partial charge in [0.1, 0.15) is 5.75 Å². The first-order chi connectivity index (χ1) is 12.3. The topological polar surface area (TPSA) is 98.8 Å². The highest BCUT2D eigenvalue weighted by molar-refractivity contribution is 7.86. The zero-order valence-electron chi connectivity index (χ0n) is 14.4. The molecule has 0 aliphatic heterocycles. The van der Waals surface area contributed by atoms with Crippen molar-refractivity contribution in [2.45, 2.75) is 6.42 Å². The van der Waals surface area contributed by atoms with Crippen LogP contribution in [-0.2, 0) is 21.3 Å². The van der Waals surface area contributed by atoms with Crippen molar-refractivity contribution in [2.75, 3.05) is 19.9 Å². The fourth-order valence-electron chi connectivity index (χ4n) is 2.26. The molecule has 1 amide bonds. The summed E-state index contributed by atoms with van der Waals surface area (Å²) in [4.78, 5) is 24.1. The number of hydrogen-bond acceptors (Lipinski definition) is 6. The Morgan fingerprint density at radius 1 is 1.04 bits per heavy atom. The molecule has 0 saturated heterocycles. The number of carbonyl (C=O) groups is 2. The first kappa shape index (κ1) is 19.5. The number of hydrogen-bond donors (Lipinski definition) is 1. The molecule has 0 heterocycles. The van der Waals surface area contributed by atoms with Gasteiger partial charge < -0.3 is 14.2 Å². The van der Waals surface area contributed by atoms with E-state index in [1.807, 2.05) is 30.3 Å². The standard InChI is InChI=1S/C18H19NO6S/c1-24-18(21)15-10-14(11-16(12-15)25-26(2,22)23)17(20)19-9-8-13-6-4-3-5-7-13/h3-7,10-12H,8-9H2,1-2H3,(H,19,20). The third-order valence-corrected chi connectivity index (χ3v) is 3.87. The summed E-state index contributed by atoms with van der Waals surface area (Å²) >= 11 is 0. The monoisotopic (exact) mass is 377 g/mol. The van der Waals surface area contributed by atoms with Crippen LogP contribution in [-0.4, -0.2) is 40.2 Å². The Balaban J connectivity index is 2.16. The normalized spacial score (nSPS) is 10.8. The number of benzene rings is 2. The van der Waals surface area contributed by atoms with Crippen LogP contribution in [0, 0.1) is 0 Å². The van der Waals surface area contributed by atoms with E-state index in [1.165, 1.54) is 25.3 Å². The number of methoxy groups -OCH3 is 1. The van der Waals surface area contributed by atoms with E-state index in [9.17, 15) is 18.0 Å². The lowest BCUT2D eigenvalue weighted by Gasteiger charge is -2.10. The molecule has 26 heavy (non-hydrogen) atoms. The highest BCUT2D eigenvalue weighted by atomic mass is 32.2. The van der Waals surface area contributed by atoms with Gasteiger partial charge >= 0.3 is 16.1 Å². The molecule has 0 atom stereocenters. The van der Waals surface area contributed by atoms with Gasteiger partial charge in [-0.2, -0.15) is 8.42 Å². The number of ether oxygens (including phenoxy) is 1. The lowest BCUT2D eigenvalue weighted by atomic mass is 10.1. The highest BCUT2D eigenvalue weighted by Crippen LogP contribution is 2.19. The Hall–Kier alpha value is -2.87. The molecule has 0 unspecified atom stereocenters. The van der Waals surface area contributed by atoms with E-state index >= 15 is 0 Å². The van der Waals surface area contributed by atoms with E-state index < -0.39 is 22.0 Å². The van der Waals surface area contributed by atoms with Gasteiger partial charge in [-0.3, -0.25) is 4.79 Å². The summed E-state index contributed by atoms with van der Waals surface area (Å²) in [6.07, 6.45) is 1.51. The van der Waals surface area contributed by atoms with Gasteiger partial charge in [0.15, 0.2) is 0 Å². The van der Waals surface area contributed by atoms with E-state index in [4.69, 9.17) is 4.18 Å². The van der Waals surface area contributed by atoms with Crippen molar-refractivity contribution in [1.29, 1.82) is 0 Å². The summed E-state index contributed by atoms with van der Waals surface area (Å²) in [6, 6.07) is 13.4. The number of carbonyl (C=O) groups excluding carboxylic acids is 2. The third-order valence-electron chi connectivity index (χ3n) is 3.38. The van der Waals surface area contributed by atoms with E-state index in [1.54, 1.807) is 0 Å². The van der Waals surface area contributed by atoms with Crippen LogP contribution < -0.4 is 9.50 Å². The van der Waals surface area contributed by atoms with Gasteiger partial charge in [0, 0.05) is 12.1 Å². The van der Waals surface area contributed by atoms with Crippen molar-refractivity contribution in [3.05, 3.63) is 65.2 Å². The van der Waals surface area contributed by atoms with Gasteiger partial charge in [-0.25, -0.2) is 4.79 Å². The largest absolute Gasteiger partial charge is 0.465 e. The third kappa shape index (κ3) is 5.89. The van der Waals surface area contributed by atoms with Crippen molar-refractivity contribution < 1.29 is 26.9 Å². The first-order valence-electron chi connectivity index (χ1n) is 7.73. The summed E-state index contributed by atoms with van der Waals surface area (Å²) in [5.41, 5.74) is 1.18. The SMILES string of the molecule is COC(=O)c1cc(OS(C)(=O)=O)cc(C(=O)NCCc2ccccc2)c1. The molecular formula is C18H19NO6S. The second-order valence-electron chi connectivity index (χ2n) is 5.52. The zero-order valence-corrected chi connectivity index (χ0v) is 15.2. The Bertz CT molecular complexity index is 893. The van der Waals surface area contributed by atoms with Crippen LogP contribution in [0.5, 0.6) is 5.75 Å². The molecule has 0 radical (unpaired) electrons. The summed E-state index contributed by atoms with van der Waals surface area (Å²) in [7, 11) is -2.62. The molecular weight excluding hydrogens is 358 g/mol. The maximum Gasteiger partial charge on any atom is 0.338 e. The lowest BCUT2D eigenvalue weighted by molar-refractivity contribution is 0.0600. The molecule has 0 aliphatic rings. The van der Waals surface area contributed by atoms with Gasteiger partial charge in [0.25, 0.3) is 5.91 Å². The van der Waals surface area contributed by atoms with Crippen LogP contribution in [0.25, 0.3) is 0 Å². The number of rotatable bonds is 7. The van der Waals surface area contributed by atoms with Gasteiger partial charge in [-0.15, -0.1) is 0 Å². The minimum absolute atomic E-state index is 0.0156. The number of nitrogens with one attached hydrogen (secondary N) is 1. The molecule has 0 fully saturated rings. The molecule has 0 aliphatic carbocycles. The van der Waals surface area contributed by atoms with Crippen molar-refractivity contribution in [3.63, 3.8) is 0 Å². The quantitative estimate of drug-likeness (QED) is 0.583. The molecule has 2 rings (SSSR count). The van der Waals surface area contributed by atoms with Gasteiger partial charge in [0.2, 0.25) is 0 Å². The van der Waals surface area contributed by atoms with Crippen LogP contribution in [0.2, 0.25) is 0 Å². The zero-order chi connectivity index (χ0) is 19.2. The van der Waals surface area contributed by atoms with E-state index in [0.717, 1.165) is 11.8 Å². The van der Waals surface area contributed by atoms with Crippen molar-refractivity contribution in [1.82, 2.24) is 5.32 Å². The van der Waals surface area contributed by atoms with Crippen LogP contribution in [0.15, 0.2) is 48.5 Å². The second kappa shape index (κ2) is 8.48. The Kier molecular flexibility index (Phi) is 6.35. The van der Waals surface area contributed by atoms with Gasteiger partial charge in [-0.05, 0) is 30.2 Å². The van der Waals surface area contributed by atoms with Crippen molar-refractivity contribution in [2.24, 2.45) is 0 Å².